The number of carbonyl (C=O) groups excluding carboxylic acids is 5. The number of nitrogens with two attached hydrogens (primary N) is 3. The number of ketones is 1. The van der Waals surface area contributed by atoms with Crippen LogP contribution in [-0.4, -0.2) is 55.2 Å². The van der Waals surface area contributed by atoms with Crippen LogP contribution in [0.1, 0.15) is 48.0 Å². The molecule has 210 valence electrons. The van der Waals surface area contributed by atoms with Crippen LogP contribution in [0.15, 0.2) is 54.6 Å². The highest BCUT2D eigenvalue weighted by atomic mass is 16.5. The summed E-state index contributed by atoms with van der Waals surface area (Å²) in [6.07, 6.45) is 1.03. The molecular weight excluding hydrogens is 502 g/mol. The summed E-state index contributed by atoms with van der Waals surface area (Å²) in [6.45, 7) is 0.405. The van der Waals surface area contributed by atoms with Crippen LogP contribution >= 0.6 is 0 Å². The van der Waals surface area contributed by atoms with Gasteiger partial charge in [-0.2, -0.15) is 0 Å². The number of hydrogen-bond acceptors (Lipinski definition) is 7. The molecule has 3 atom stereocenters. The van der Waals surface area contributed by atoms with Crippen molar-refractivity contribution in [2.75, 3.05) is 13.7 Å². The van der Waals surface area contributed by atoms with Crippen LogP contribution < -0.4 is 32.6 Å². The summed E-state index contributed by atoms with van der Waals surface area (Å²) in [5.41, 5.74) is 17.3. The number of primary amides is 2. The maximum absolute atomic E-state index is 13.6. The fourth-order valence-electron chi connectivity index (χ4n) is 4.04. The van der Waals surface area contributed by atoms with Gasteiger partial charge in [0.2, 0.25) is 17.7 Å². The van der Waals surface area contributed by atoms with E-state index >= 15 is 0 Å². The number of nitrogens with one attached hydrogen (secondary N) is 2. The second-order valence-electron chi connectivity index (χ2n) is 9.23. The predicted molar refractivity (Wildman–Crippen MR) is 145 cm³/mol. The van der Waals surface area contributed by atoms with Crippen molar-refractivity contribution in [3.8, 4) is 5.75 Å². The first-order valence-corrected chi connectivity index (χ1v) is 12.7. The number of hydrogen-bond donors (Lipinski definition) is 5. The average molecular weight is 540 g/mol. The van der Waals surface area contributed by atoms with Gasteiger partial charge in [-0.3, -0.25) is 24.0 Å². The zero-order valence-electron chi connectivity index (χ0n) is 22.1. The van der Waals surface area contributed by atoms with Crippen LogP contribution in [0.5, 0.6) is 5.75 Å². The first-order valence-electron chi connectivity index (χ1n) is 12.7. The molecule has 2 aromatic rings. The third kappa shape index (κ3) is 10.6. The van der Waals surface area contributed by atoms with Gasteiger partial charge in [0.15, 0.2) is 5.78 Å². The summed E-state index contributed by atoms with van der Waals surface area (Å²) in [6, 6.07) is 13.4. The van der Waals surface area contributed by atoms with E-state index in [4.69, 9.17) is 21.9 Å². The van der Waals surface area contributed by atoms with E-state index in [0.717, 1.165) is 5.56 Å². The minimum Gasteiger partial charge on any atom is -0.497 e. The van der Waals surface area contributed by atoms with Gasteiger partial charge < -0.3 is 32.6 Å². The molecule has 2 aromatic carbocycles. The largest absolute Gasteiger partial charge is 0.497 e. The van der Waals surface area contributed by atoms with Crippen LogP contribution in [0.3, 0.4) is 0 Å². The maximum atomic E-state index is 13.6. The lowest BCUT2D eigenvalue weighted by molar-refractivity contribution is -0.133. The van der Waals surface area contributed by atoms with E-state index < -0.39 is 48.1 Å². The Morgan fingerprint density at radius 1 is 0.846 bits per heavy atom. The Bertz CT molecular complexity index is 1120. The second-order valence-corrected chi connectivity index (χ2v) is 9.23. The third-order valence-corrected chi connectivity index (χ3v) is 6.22. The average Bonchev–Trinajstić information content (AvgIpc) is 2.92. The van der Waals surface area contributed by atoms with Crippen LogP contribution in [0.25, 0.3) is 0 Å². The Labute approximate surface area is 227 Å². The van der Waals surface area contributed by atoms with Gasteiger partial charge in [-0.15, -0.1) is 0 Å². The van der Waals surface area contributed by atoms with Crippen molar-refractivity contribution in [1.82, 2.24) is 10.6 Å². The Kier molecular flexibility index (Phi) is 12.6. The predicted octanol–water partition coefficient (Wildman–Crippen LogP) is 0.586. The van der Waals surface area contributed by atoms with Crippen molar-refractivity contribution in [2.45, 2.75) is 50.6 Å². The molecule has 0 heterocycles. The molecule has 0 aliphatic heterocycles. The number of unbranched alkanes of at least 4 members (excludes halogenated alkanes) is 1. The van der Waals surface area contributed by atoms with E-state index in [1.165, 1.54) is 7.11 Å². The topological polar surface area (TPSA) is 197 Å². The second kappa shape index (κ2) is 15.9. The summed E-state index contributed by atoms with van der Waals surface area (Å²) in [5, 5.41) is 5.25. The SMILES string of the molecule is COc1ccc(C(=O)N[C@@H](Cc2ccccc2)C(=O)C[C@@H](CCCCN)C(=O)N[C@@H](CC(N)=O)C(N)=O)cc1. The molecule has 0 saturated heterocycles. The molecule has 0 unspecified atom stereocenters. The number of benzene rings is 2. The molecule has 0 aliphatic carbocycles. The lowest BCUT2D eigenvalue weighted by Crippen LogP contribution is -2.49. The third-order valence-electron chi connectivity index (χ3n) is 6.22. The molecular formula is C28H37N5O6. The van der Waals surface area contributed by atoms with Gasteiger partial charge in [0.1, 0.15) is 11.8 Å². The smallest absolute Gasteiger partial charge is 0.251 e. The maximum Gasteiger partial charge on any atom is 0.251 e. The molecule has 0 aromatic heterocycles. The molecule has 39 heavy (non-hydrogen) atoms. The summed E-state index contributed by atoms with van der Waals surface area (Å²) in [5.74, 6) is -3.40. The van der Waals surface area contributed by atoms with E-state index in [9.17, 15) is 24.0 Å². The lowest BCUT2D eigenvalue weighted by Gasteiger charge is -2.23. The van der Waals surface area contributed by atoms with Crippen LogP contribution in [0.2, 0.25) is 0 Å². The highest BCUT2D eigenvalue weighted by Gasteiger charge is 2.30. The van der Waals surface area contributed by atoms with Gasteiger partial charge in [-0.25, -0.2) is 0 Å². The molecule has 2 rings (SSSR count). The van der Waals surface area contributed by atoms with E-state index in [0.29, 0.717) is 37.1 Å². The molecule has 0 spiro atoms. The molecule has 4 amide bonds. The zero-order valence-corrected chi connectivity index (χ0v) is 22.1. The van der Waals surface area contributed by atoms with E-state index in [-0.39, 0.29) is 18.6 Å². The molecule has 11 heteroatoms. The first kappa shape index (κ1) is 31.0. The van der Waals surface area contributed by atoms with Gasteiger partial charge in [-0.1, -0.05) is 36.8 Å². The molecule has 0 fully saturated rings. The van der Waals surface area contributed by atoms with Crippen molar-refractivity contribution in [3.05, 3.63) is 65.7 Å². The molecule has 8 N–H and O–H groups in total. The fourth-order valence-corrected chi connectivity index (χ4v) is 4.04. The van der Waals surface area contributed by atoms with Gasteiger partial charge in [0, 0.05) is 17.9 Å². The van der Waals surface area contributed by atoms with E-state index in [1.807, 2.05) is 30.3 Å². The van der Waals surface area contributed by atoms with Crippen molar-refractivity contribution in [1.29, 1.82) is 0 Å². The molecule has 0 saturated carbocycles. The fraction of sp³-hybridized carbons (Fsp3) is 0.393. The number of carbonyl (C=O) groups is 5. The Morgan fingerprint density at radius 2 is 1.51 bits per heavy atom. The summed E-state index contributed by atoms with van der Waals surface area (Å²) in [4.78, 5) is 62.7. The van der Waals surface area contributed by atoms with Gasteiger partial charge in [0.05, 0.1) is 19.6 Å². The van der Waals surface area contributed by atoms with Gasteiger partial charge in [0.25, 0.3) is 5.91 Å². The highest BCUT2D eigenvalue weighted by molar-refractivity contribution is 5.99. The monoisotopic (exact) mass is 539 g/mol. The number of rotatable bonds is 17. The number of amides is 4. The Balaban J connectivity index is 2.25. The molecule has 0 aliphatic rings. The van der Waals surface area contributed by atoms with Crippen molar-refractivity contribution < 1.29 is 28.7 Å². The lowest BCUT2D eigenvalue weighted by atomic mass is 9.90. The van der Waals surface area contributed by atoms with Crippen LogP contribution in [-0.2, 0) is 25.6 Å². The summed E-state index contributed by atoms with van der Waals surface area (Å²) in [7, 11) is 1.52. The number of methoxy groups -OCH3 is 1. The Hall–Kier alpha value is -4.25. The molecule has 0 radical (unpaired) electrons. The van der Waals surface area contributed by atoms with E-state index in [2.05, 4.69) is 10.6 Å². The van der Waals surface area contributed by atoms with Crippen molar-refractivity contribution in [3.63, 3.8) is 0 Å². The number of Topliss-reactive ketones (excluding diaryl/α,β-unsaturated/α-hetero) is 1. The van der Waals surface area contributed by atoms with Gasteiger partial charge in [-0.05, 0) is 55.6 Å². The van der Waals surface area contributed by atoms with Crippen molar-refractivity contribution >= 4 is 29.4 Å². The first-order chi connectivity index (χ1) is 18.6. The molecule has 11 nitrogen and oxygen atoms in total. The minimum absolute atomic E-state index is 0.209. The standard InChI is InChI=1S/C28H37N5O6/c1-39-21-12-10-19(11-13-21)27(37)32-22(15-18-7-3-2-4-8-18)24(34)16-20(9-5-6-14-29)28(38)33-23(26(31)36)17-25(30)35/h2-4,7-8,10-13,20,22-23H,5-6,9,14-17,29H2,1H3,(H2,30,35)(H2,31,36)(H,32,37)(H,33,38)/t20-,22+,23+/m1/s1. The zero-order chi connectivity index (χ0) is 28.8. The minimum atomic E-state index is -1.29. The highest BCUT2D eigenvalue weighted by Crippen LogP contribution is 2.18. The summed E-state index contributed by atoms with van der Waals surface area (Å²) < 4.78 is 5.13. The number of ether oxygens (including phenoxy) is 1. The van der Waals surface area contributed by atoms with Crippen LogP contribution in [0, 0.1) is 5.92 Å². The van der Waals surface area contributed by atoms with E-state index in [1.54, 1.807) is 24.3 Å². The van der Waals surface area contributed by atoms with Crippen molar-refractivity contribution in [2.24, 2.45) is 23.1 Å². The summed E-state index contributed by atoms with van der Waals surface area (Å²) >= 11 is 0. The quantitative estimate of drug-likeness (QED) is 0.181. The molecule has 0 bridgehead atoms. The normalized spacial score (nSPS) is 13.0. The Morgan fingerprint density at radius 3 is 2.08 bits per heavy atom. The van der Waals surface area contributed by atoms with Crippen LogP contribution in [0.4, 0.5) is 0 Å². The van der Waals surface area contributed by atoms with Gasteiger partial charge >= 0.3 is 0 Å².